The summed E-state index contributed by atoms with van der Waals surface area (Å²) < 4.78 is 5.63. The number of fused-ring (bicyclic) bond motifs is 1. The molecule has 1 heterocycles. The molecule has 2 amide bonds. The van der Waals surface area contributed by atoms with Crippen LogP contribution >= 0.6 is 0 Å². The number of urea groups is 1. The van der Waals surface area contributed by atoms with Gasteiger partial charge in [-0.15, -0.1) is 0 Å². The number of amides is 2. The Balaban J connectivity index is 1.50. The van der Waals surface area contributed by atoms with Crippen molar-refractivity contribution in [1.29, 1.82) is 0 Å². The van der Waals surface area contributed by atoms with E-state index in [0.29, 0.717) is 6.10 Å². The molecule has 0 saturated carbocycles. The van der Waals surface area contributed by atoms with Crippen molar-refractivity contribution in [3.05, 3.63) is 29.3 Å². The molecule has 0 aromatic heterocycles. The number of hydrogen-bond donors (Lipinski definition) is 1. The lowest BCUT2D eigenvalue weighted by atomic mass is 9.90. The predicted octanol–water partition coefficient (Wildman–Crippen LogP) is 3.99. The molecule has 0 radical (unpaired) electrons. The highest BCUT2D eigenvalue weighted by Gasteiger charge is 2.18. The molecule has 126 valence electrons. The second-order valence-electron chi connectivity index (χ2n) is 6.78. The Bertz CT molecular complexity index is 538. The zero-order valence-electron chi connectivity index (χ0n) is 14.1. The van der Waals surface area contributed by atoms with Gasteiger partial charge in [-0.2, -0.15) is 0 Å². The largest absolute Gasteiger partial charge is 0.378 e. The van der Waals surface area contributed by atoms with Crippen molar-refractivity contribution in [2.45, 2.75) is 57.5 Å². The van der Waals surface area contributed by atoms with E-state index in [1.807, 2.05) is 13.1 Å². The first-order chi connectivity index (χ1) is 11.2. The lowest BCUT2D eigenvalue weighted by Crippen LogP contribution is -2.33. The third-order valence-corrected chi connectivity index (χ3v) is 5.03. The van der Waals surface area contributed by atoms with Crippen molar-refractivity contribution in [3.63, 3.8) is 0 Å². The topological polar surface area (TPSA) is 41.6 Å². The molecule has 1 fully saturated rings. The number of carbonyl (C=O) groups excluding carboxylic acids is 1. The first kappa shape index (κ1) is 16.3. The Kier molecular flexibility index (Phi) is 5.55. The molecule has 1 aromatic carbocycles. The number of nitrogens with zero attached hydrogens (tertiary/aromatic N) is 1. The van der Waals surface area contributed by atoms with Gasteiger partial charge in [-0.3, -0.25) is 0 Å². The highest BCUT2D eigenvalue weighted by molar-refractivity contribution is 5.90. The summed E-state index contributed by atoms with van der Waals surface area (Å²) in [5, 5.41) is 3.10. The van der Waals surface area contributed by atoms with Crippen molar-refractivity contribution in [3.8, 4) is 0 Å². The van der Waals surface area contributed by atoms with Gasteiger partial charge in [0.1, 0.15) is 0 Å². The Morgan fingerprint density at radius 3 is 3.00 bits per heavy atom. The second kappa shape index (κ2) is 7.82. The van der Waals surface area contributed by atoms with Crippen molar-refractivity contribution >= 4 is 11.7 Å². The molecule has 4 heteroatoms. The van der Waals surface area contributed by atoms with Crippen LogP contribution in [-0.4, -0.2) is 37.2 Å². The van der Waals surface area contributed by atoms with E-state index in [-0.39, 0.29) is 6.03 Å². The fourth-order valence-electron chi connectivity index (χ4n) is 3.64. The smallest absolute Gasteiger partial charge is 0.321 e. The van der Waals surface area contributed by atoms with Crippen LogP contribution in [0.4, 0.5) is 10.5 Å². The van der Waals surface area contributed by atoms with Gasteiger partial charge >= 0.3 is 6.03 Å². The Morgan fingerprint density at radius 1 is 1.30 bits per heavy atom. The second-order valence-corrected chi connectivity index (χ2v) is 6.78. The van der Waals surface area contributed by atoms with E-state index in [1.165, 1.54) is 36.8 Å². The van der Waals surface area contributed by atoms with E-state index < -0.39 is 0 Å². The Labute approximate surface area is 139 Å². The number of ether oxygens (including phenoxy) is 1. The van der Waals surface area contributed by atoms with Crippen LogP contribution in [0.5, 0.6) is 0 Å². The maximum Gasteiger partial charge on any atom is 0.321 e. The summed E-state index contributed by atoms with van der Waals surface area (Å²) in [6.45, 7) is 1.68. The number of rotatable bonds is 5. The fourth-order valence-corrected chi connectivity index (χ4v) is 3.64. The summed E-state index contributed by atoms with van der Waals surface area (Å²) in [5.41, 5.74) is 3.73. The normalized spacial score (nSPS) is 20.1. The van der Waals surface area contributed by atoms with Crippen LogP contribution in [0.3, 0.4) is 0 Å². The van der Waals surface area contributed by atoms with E-state index in [1.54, 1.807) is 4.90 Å². The van der Waals surface area contributed by atoms with Gasteiger partial charge in [-0.05, 0) is 68.6 Å². The monoisotopic (exact) mass is 316 g/mol. The molecule has 1 saturated heterocycles. The van der Waals surface area contributed by atoms with Gasteiger partial charge in [0.15, 0.2) is 0 Å². The molecule has 0 bridgehead atoms. The van der Waals surface area contributed by atoms with E-state index in [9.17, 15) is 4.79 Å². The number of nitrogens with one attached hydrogen (secondary N) is 1. The Hall–Kier alpha value is -1.55. The summed E-state index contributed by atoms with van der Waals surface area (Å²) in [6, 6.07) is 6.27. The molecular formula is C19H28N2O2. The van der Waals surface area contributed by atoms with E-state index in [0.717, 1.165) is 44.5 Å². The molecule has 1 aromatic rings. The average molecular weight is 316 g/mol. The summed E-state index contributed by atoms with van der Waals surface area (Å²) in [6.07, 6.45) is 9.51. The molecule has 0 unspecified atom stereocenters. The van der Waals surface area contributed by atoms with Crippen molar-refractivity contribution < 1.29 is 9.53 Å². The summed E-state index contributed by atoms with van der Waals surface area (Å²) in [5.74, 6) is 0. The molecule has 0 spiro atoms. The lowest BCUT2D eigenvalue weighted by Gasteiger charge is -2.23. The Morgan fingerprint density at radius 2 is 2.17 bits per heavy atom. The minimum Gasteiger partial charge on any atom is -0.378 e. The molecule has 1 atom stereocenters. The maximum atomic E-state index is 12.4. The predicted molar refractivity (Wildman–Crippen MR) is 92.9 cm³/mol. The van der Waals surface area contributed by atoms with Crippen molar-refractivity contribution in [2.75, 3.05) is 25.5 Å². The molecule has 1 aliphatic carbocycles. The van der Waals surface area contributed by atoms with Crippen molar-refractivity contribution in [1.82, 2.24) is 4.90 Å². The minimum atomic E-state index is -0.00341. The highest BCUT2D eigenvalue weighted by atomic mass is 16.5. The van der Waals surface area contributed by atoms with Crippen LogP contribution in [-0.2, 0) is 17.6 Å². The van der Waals surface area contributed by atoms with Crippen LogP contribution in [0.25, 0.3) is 0 Å². The van der Waals surface area contributed by atoms with E-state index >= 15 is 0 Å². The maximum absolute atomic E-state index is 12.4. The fraction of sp³-hybridized carbons (Fsp3) is 0.632. The number of benzene rings is 1. The van der Waals surface area contributed by atoms with Gasteiger partial charge in [-0.1, -0.05) is 12.1 Å². The molecule has 23 heavy (non-hydrogen) atoms. The molecule has 1 aliphatic heterocycles. The van der Waals surface area contributed by atoms with Gasteiger partial charge in [0.05, 0.1) is 6.10 Å². The van der Waals surface area contributed by atoms with Crippen LogP contribution < -0.4 is 5.32 Å². The molecule has 4 nitrogen and oxygen atoms in total. The lowest BCUT2D eigenvalue weighted by molar-refractivity contribution is 0.101. The number of anilines is 1. The summed E-state index contributed by atoms with van der Waals surface area (Å²) >= 11 is 0. The van der Waals surface area contributed by atoms with Crippen LogP contribution in [0.1, 0.15) is 49.7 Å². The number of carbonyl (C=O) groups is 1. The third kappa shape index (κ3) is 4.25. The van der Waals surface area contributed by atoms with Gasteiger partial charge in [-0.25, -0.2) is 4.79 Å². The molecule has 2 aliphatic rings. The third-order valence-electron chi connectivity index (χ3n) is 5.03. The van der Waals surface area contributed by atoms with Crippen LogP contribution in [0, 0.1) is 0 Å². The standard InChI is InChI=1S/C19H28N2O2/c1-21(13-5-9-16-10-6-14-23-16)19(22)20-18-12-4-8-15-7-2-3-11-17(15)18/h4,8,12,16H,2-3,5-7,9-11,13-14H2,1H3,(H,20,22)/t16-/m0/s1. The summed E-state index contributed by atoms with van der Waals surface area (Å²) in [4.78, 5) is 14.2. The quantitative estimate of drug-likeness (QED) is 0.892. The van der Waals surface area contributed by atoms with Crippen LogP contribution in [0.2, 0.25) is 0 Å². The molecular weight excluding hydrogens is 288 g/mol. The SMILES string of the molecule is CN(CCC[C@H]1CCCO1)C(=O)Nc1cccc2c1CCCC2. The van der Waals surface area contributed by atoms with Crippen LogP contribution in [0.15, 0.2) is 18.2 Å². The number of aryl methyl sites for hydroxylation is 1. The van der Waals surface area contributed by atoms with Gasteiger partial charge < -0.3 is 15.0 Å². The van der Waals surface area contributed by atoms with Crippen molar-refractivity contribution in [2.24, 2.45) is 0 Å². The van der Waals surface area contributed by atoms with Gasteiger partial charge in [0.2, 0.25) is 0 Å². The average Bonchev–Trinajstić information content (AvgIpc) is 3.08. The van der Waals surface area contributed by atoms with E-state index in [4.69, 9.17) is 4.74 Å². The highest BCUT2D eigenvalue weighted by Crippen LogP contribution is 2.28. The van der Waals surface area contributed by atoms with Gasteiger partial charge in [0, 0.05) is 25.9 Å². The minimum absolute atomic E-state index is 0.00341. The zero-order valence-corrected chi connectivity index (χ0v) is 14.1. The molecule has 1 N–H and O–H groups in total. The van der Waals surface area contributed by atoms with Gasteiger partial charge in [0.25, 0.3) is 0 Å². The number of hydrogen-bond acceptors (Lipinski definition) is 2. The first-order valence-electron chi connectivity index (χ1n) is 8.98. The zero-order chi connectivity index (χ0) is 16.1. The summed E-state index contributed by atoms with van der Waals surface area (Å²) in [7, 11) is 1.88. The van der Waals surface area contributed by atoms with E-state index in [2.05, 4.69) is 17.4 Å². The first-order valence-corrected chi connectivity index (χ1v) is 8.98. The molecule has 3 rings (SSSR count).